The number of anilines is 1. The molecule has 102 valence electrons. The van der Waals surface area contributed by atoms with Crippen molar-refractivity contribution in [3.05, 3.63) is 52.5 Å². The average molecular weight is 289 g/mol. The number of nitrogens with two attached hydrogens (primary N) is 1. The second kappa shape index (κ2) is 6.18. The lowest BCUT2D eigenvalue weighted by Gasteiger charge is -2.13. The molecule has 0 unspecified atom stereocenters. The summed E-state index contributed by atoms with van der Waals surface area (Å²) < 4.78 is 10.9. The van der Waals surface area contributed by atoms with Gasteiger partial charge in [0, 0.05) is 5.56 Å². The van der Waals surface area contributed by atoms with Gasteiger partial charge in [0.2, 0.25) is 0 Å². The number of rotatable bonds is 4. The molecule has 0 atom stereocenters. The van der Waals surface area contributed by atoms with Crippen LogP contribution in [0.15, 0.2) is 36.4 Å². The molecular weight excluding hydrogens is 276 g/mol. The quantitative estimate of drug-likeness (QED) is 0.876. The summed E-state index contributed by atoms with van der Waals surface area (Å²) in [5, 5.41) is 9.37. The Morgan fingerprint density at radius 2 is 2.10 bits per heavy atom. The van der Waals surface area contributed by atoms with E-state index in [0.29, 0.717) is 27.8 Å². The van der Waals surface area contributed by atoms with Crippen molar-refractivity contribution in [1.82, 2.24) is 0 Å². The smallest absolute Gasteiger partial charge is 0.161 e. The van der Waals surface area contributed by atoms with Crippen LogP contribution in [0.3, 0.4) is 0 Å². The molecule has 0 spiro atoms. The first kappa shape index (κ1) is 14.0. The maximum Gasteiger partial charge on any atom is 0.161 e. The van der Waals surface area contributed by atoms with E-state index in [2.05, 4.69) is 6.07 Å². The molecule has 0 fully saturated rings. The third kappa shape index (κ3) is 2.95. The Labute approximate surface area is 122 Å². The van der Waals surface area contributed by atoms with Crippen LogP contribution in [0.4, 0.5) is 5.69 Å². The molecule has 0 bridgehead atoms. The minimum atomic E-state index is 0.215. The summed E-state index contributed by atoms with van der Waals surface area (Å²) in [6.45, 7) is 0.215. The predicted octanol–water partition coefficient (Wildman–Crippen LogP) is 3.38. The zero-order valence-corrected chi connectivity index (χ0v) is 11.6. The first-order valence-electron chi connectivity index (χ1n) is 5.89. The fourth-order valence-electron chi connectivity index (χ4n) is 1.79. The number of halogens is 1. The van der Waals surface area contributed by atoms with Gasteiger partial charge in [0.15, 0.2) is 5.75 Å². The summed E-state index contributed by atoms with van der Waals surface area (Å²) in [6, 6.07) is 12.4. The van der Waals surface area contributed by atoms with Crippen molar-refractivity contribution in [3.8, 4) is 17.6 Å². The molecule has 0 aromatic heterocycles. The van der Waals surface area contributed by atoms with Crippen LogP contribution < -0.4 is 15.2 Å². The maximum atomic E-state index is 8.93. The second-order valence-electron chi connectivity index (χ2n) is 4.09. The van der Waals surface area contributed by atoms with Gasteiger partial charge in [0.25, 0.3) is 0 Å². The number of para-hydroxylation sites is 1. The van der Waals surface area contributed by atoms with E-state index < -0.39 is 0 Å². The van der Waals surface area contributed by atoms with Crippen LogP contribution in [0.25, 0.3) is 0 Å². The Bertz CT molecular complexity index is 645. The summed E-state index contributed by atoms with van der Waals surface area (Å²) in [7, 11) is 1.56. The topological polar surface area (TPSA) is 68.3 Å². The average Bonchev–Trinajstić information content (AvgIpc) is 2.46. The standard InChI is InChI=1S/C15H13ClN2O2/c1-19-14-6-5-10(8-17)7-11(14)9-20-15-12(16)3-2-4-13(15)18/h2-7H,9,18H2,1H3. The lowest BCUT2D eigenvalue weighted by atomic mass is 10.1. The summed E-state index contributed by atoms with van der Waals surface area (Å²) in [4.78, 5) is 0. The number of nitrogens with zero attached hydrogens (tertiary/aromatic N) is 1. The van der Waals surface area contributed by atoms with Crippen molar-refractivity contribution in [2.45, 2.75) is 6.61 Å². The first-order chi connectivity index (χ1) is 9.65. The number of nitrogen functional groups attached to an aromatic ring is 1. The Morgan fingerprint density at radius 3 is 2.75 bits per heavy atom. The van der Waals surface area contributed by atoms with Crippen LogP contribution in [0.2, 0.25) is 5.02 Å². The van der Waals surface area contributed by atoms with Gasteiger partial charge in [0.1, 0.15) is 12.4 Å². The van der Waals surface area contributed by atoms with Crippen molar-refractivity contribution in [2.24, 2.45) is 0 Å². The zero-order chi connectivity index (χ0) is 14.5. The molecule has 0 amide bonds. The molecule has 20 heavy (non-hydrogen) atoms. The van der Waals surface area contributed by atoms with E-state index in [9.17, 15) is 0 Å². The fraction of sp³-hybridized carbons (Fsp3) is 0.133. The summed E-state index contributed by atoms with van der Waals surface area (Å²) >= 11 is 6.04. The lowest BCUT2D eigenvalue weighted by molar-refractivity contribution is 0.298. The number of ether oxygens (including phenoxy) is 2. The van der Waals surface area contributed by atoms with Gasteiger partial charge in [-0.3, -0.25) is 0 Å². The predicted molar refractivity (Wildman–Crippen MR) is 77.9 cm³/mol. The van der Waals surface area contributed by atoms with Crippen LogP contribution in [-0.4, -0.2) is 7.11 Å². The molecule has 0 radical (unpaired) electrons. The van der Waals surface area contributed by atoms with Crippen molar-refractivity contribution >= 4 is 17.3 Å². The van der Waals surface area contributed by atoms with Crippen LogP contribution in [0, 0.1) is 11.3 Å². The van der Waals surface area contributed by atoms with Gasteiger partial charge in [-0.1, -0.05) is 17.7 Å². The highest BCUT2D eigenvalue weighted by Crippen LogP contribution is 2.32. The molecule has 2 aromatic carbocycles. The normalized spacial score (nSPS) is 9.85. The third-order valence-electron chi connectivity index (χ3n) is 2.78. The maximum absolute atomic E-state index is 8.93. The number of nitriles is 1. The lowest BCUT2D eigenvalue weighted by Crippen LogP contribution is -2.02. The van der Waals surface area contributed by atoms with Crippen molar-refractivity contribution in [1.29, 1.82) is 5.26 Å². The highest BCUT2D eigenvalue weighted by atomic mass is 35.5. The first-order valence-corrected chi connectivity index (χ1v) is 6.27. The minimum Gasteiger partial charge on any atom is -0.496 e. The molecule has 2 rings (SSSR count). The summed E-state index contributed by atoms with van der Waals surface area (Å²) in [6.07, 6.45) is 0. The molecule has 4 nitrogen and oxygen atoms in total. The molecule has 0 aliphatic heterocycles. The van der Waals surface area contributed by atoms with E-state index in [1.54, 1.807) is 43.5 Å². The van der Waals surface area contributed by atoms with E-state index in [-0.39, 0.29) is 6.61 Å². The Balaban J connectivity index is 2.25. The van der Waals surface area contributed by atoms with E-state index >= 15 is 0 Å². The van der Waals surface area contributed by atoms with E-state index in [1.165, 1.54) is 0 Å². The molecular formula is C15H13ClN2O2. The fourth-order valence-corrected chi connectivity index (χ4v) is 2.03. The Hall–Kier alpha value is -2.38. The number of methoxy groups -OCH3 is 1. The molecule has 0 heterocycles. The van der Waals surface area contributed by atoms with Crippen molar-refractivity contribution in [3.63, 3.8) is 0 Å². The van der Waals surface area contributed by atoms with E-state index in [0.717, 1.165) is 5.56 Å². The van der Waals surface area contributed by atoms with Crippen LogP contribution in [0.1, 0.15) is 11.1 Å². The van der Waals surface area contributed by atoms with E-state index in [1.807, 2.05) is 0 Å². The third-order valence-corrected chi connectivity index (χ3v) is 3.08. The summed E-state index contributed by atoms with van der Waals surface area (Å²) in [5.41, 5.74) is 7.58. The molecule has 2 aromatic rings. The molecule has 2 N–H and O–H groups in total. The minimum absolute atomic E-state index is 0.215. The van der Waals surface area contributed by atoms with Gasteiger partial charge in [-0.2, -0.15) is 5.26 Å². The van der Waals surface area contributed by atoms with Gasteiger partial charge >= 0.3 is 0 Å². The molecule has 5 heteroatoms. The monoisotopic (exact) mass is 288 g/mol. The largest absolute Gasteiger partial charge is 0.496 e. The second-order valence-corrected chi connectivity index (χ2v) is 4.49. The van der Waals surface area contributed by atoms with Gasteiger partial charge in [-0.25, -0.2) is 0 Å². The van der Waals surface area contributed by atoms with E-state index in [4.69, 9.17) is 32.1 Å². The van der Waals surface area contributed by atoms with Gasteiger partial charge in [-0.05, 0) is 30.3 Å². The summed E-state index contributed by atoms with van der Waals surface area (Å²) in [5.74, 6) is 1.08. The number of hydrogen-bond donors (Lipinski definition) is 1. The highest BCUT2D eigenvalue weighted by Gasteiger charge is 2.09. The van der Waals surface area contributed by atoms with Crippen LogP contribution >= 0.6 is 11.6 Å². The molecule has 0 aliphatic rings. The zero-order valence-electron chi connectivity index (χ0n) is 10.9. The molecule has 0 saturated heterocycles. The number of hydrogen-bond acceptors (Lipinski definition) is 4. The van der Waals surface area contributed by atoms with Gasteiger partial charge < -0.3 is 15.2 Å². The number of benzene rings is 2. The van der Waals surface area contributed by atoms with Gasteiger partial charge in [0.05, 0.1) is 29.5 Å². The van der Waals surface area contributed by atoms with Crippen molar-refractivity contribution < 1.29 is 9.47 Å². The Kier molecular flexibility index (Phi) is 4.34. The van der Waals surface area contributed by atoms with Crippen molar-refractivity contribution in [2.75, 3.05) is 12.8 Å². The van der Waals surface area contributed by atoms with Crippen LogP contribution in [-0.2, 0) is 6.61 Å². The molecule has 0 aliphatic carbocycles. The van der Waals surface area contributed by atoms with Crippen LogP contribution in [0.5, 0.6) is 11.5 Å². The molecule has 0 saturated carbocycles. The SMILES string of the molecule is COc1ccc(C#N)cc1COc1c(N)cccc1Cl. The highest BCUT2D eigenvalue weighted by molar-refractivity contribution is 6.32. The Morgan fingerprint density at radius 1 is 1.30 bits per heavy atom. The van der Waals surface area contributed by atoms with Gasteiger partial charge in [-0.15, -0.1) is 0 Å².